The van der Waals surface area contributed by atoms with E-state index in [1.54, 1.807) is 6.20 Å². The number of likely N-dealkylation sites (tertiary alicyclic amines) is 1. The maximum absolute atomic E-state index is 10.7. The molecule has 1 aromatic heterocycles. The molecular formula is C16H18N2O3. The predicted molar refractivity (Wildman–Crippen MR) is 77.6 cm³/mol. The Labute approximate surface area is 123 Å². The normalized spacial score (nSPS) is 19.0. The molecule has 0 aliphatic carbocycles. The molecule has 2 heterocycles. The van der Waals surface area contributed by atoms with Gasteiger partial charge in [0.15, 0.2) is 5.76 Å². The minimum Gasteiger partial charge on any atom is -0.481 e. The van der Waals surface area contributed by atoms with E-state index in [0.29, 0.717) is 12.4 Å². The number of aromatic nitrogens is 1. The Morgan fingerprint density at radius 1 is 1.38 bits per heavy atom. The van der Waals surface area contributed by atoms with E-state index in [-0.39, 0.29) is 12.3 Å². The number of hydrogen-bond acceptors (Lipinski definition) is 4. The Balaban J connectivity index is 1.60. The van der Waals surface area contributed by atoms with Crippen molar-refractivity contribution >= 4 is 5.97 Å². The van der Waals surface area contributed by atoms with E-state index in [1.807, 2.05) is 30.3 Å². The number of rotatable bonds is 5. The summed E-state index contributed by atoms with van der Waals surface area (Å²) in [6.45, 7) is 2.35. The zero-order chi connectivity index (χ0) is 14.7. The largest absolute Gasteiger partial charge is 0.481 e. The highest BCUT2D eigenvalue weighted by Gasteiger charge is 2.25. The molecule has 0 amide bonds. The van der Waals surface area contributed by atoms with Gasteiger partial charge in [-0.3, -0.25) is 9.69 Å². The molecule has 1 fully saturated rings. The summed E-state index contributed by atoms with van der Waals surface area (Å²) in [6.07, 6.45) is 2.92. The van der Waals surface area contributed by atoms with Crippen LogP contribution in [0.25, 0.3) is 11.3 Å². The van der Waals surface area contributed by atoms with Crippen LogP contribution in [0, 0.1) is 5.92 Å². The Morgan fingerprint density at radius 2 is 2.19 bits per heavy atom. The van der Waals surface area contributed by atoms with Gasteiger partial charge in [-0.2, -0.15) is 0 Å². The molecule has 1 saturated heterocycles. The third-order valence-corrected chi connectivity index (χ3v) is 3.80. The first kappa shape index (κ1) is 13.8. The Bertz CT molecular complexity index is 609. The molecule has 1 aliphatic heterocycles. The van der Waals surface area contributed by atoms with Crippen molar-refractivity contribution in [3.05, 3.63) is 42.4 Å². The zero-order valence-corrected chi connectivity index (χ0v) is 11.7. The van der Waals surface area contributed by atoms with Crippen LogP contribution in [0.2, 0.25) is 0 Å². The second-order valence-electron chi connectivity index (χ2n) is 5.47. The zero-order valence-electron chi connectivity index (χ0n) is 11.7. The average Bonchev–Trinajstić information content (AvgIpc) is 3.09. The average molecular weight is 286 g/mol. The van der Waals surface area contributed by atoms with Crippen molar-refractivity contribution in [1.29, 1.82) is 0 Å². The second-order valence-corrected chi connectivity index (χ2v) is 5.47. The van der Waals surface area contributed by atoms with Crippen molar-refractivity contribution in [3.63, 3.8) is 0 Å². The van der Waals surface area contributed by atoms with Crippen molar-refractivity contribution in [2.45, 2.75) is 19.4 Å². The maximum atomic E-state index is 10.7. The Morgan fingerprint density at radius 3 is 2.95 bits per heavy atom. The number of oxazole rings is 1. The van der Waals surface area contributed by atoms with Gasteiger partial charge in [0, 0.05) is 18.5 Å². The number of hydrogen-bond donors (Lipinski definition) is 1. The van der Waals surface area contributed by atoms with Crippen LogP contribution in [-0.4, -0.2) is 34.0 Å². The summed E-state index contributed by atoms with van der Waals surface area (Å²) >= 11 is 0. The van der Waals surface area contributed by atoms with Gasteiger partial charge in [0.25, 0.3) is 0 Å². The third-order valence-electron chi connectivity index (χ3n) is 3.80. The molecule has 0 spiro atoms. The van der Waals surface area contributed by atoms with Crippen LogP contribution in [0.5, 0.6) is 0 Å². The molecule has 1 aromatic carbocycles. The fourth-order valence-electron chi connectivity index (χ4n) is 2.78. The van der Waals surface area contributed by atoms with Gasteiger partial charge in [0.1, 0.15) is 0 Å². The van der Waals surface area contributed by atoms with E-state index in [2.05, 4.69) is 9.88 Å². The van der Waals surface area contributed by atoms with Gasteiger partial charge in [0.05, 0.1) is 12.7 Å². The Kier molecular flexibility index (Phi) is 4.01. The Hall–Kier alpha value is -2.14. The van der Waals surface area contributed by atoms with Gasteiger partial charge >= 0.3 is 5.97 Å². The lowest BCUT2D eigenvalue weighted by molar-refractivity contribution is -0.138. The van der Waals surface area contributed by atoms with E-state index in [1.165, 1.54) is 0 Å². The number of aliphatic carboxylic acids is 1. The van der Waals surface area contributed by atoms with Crippen LogP contribution in [0.3, 0.4) is 0 Å². The highest BCUT2D eigenvalue weighted by molar-refractivity contribution is 5.67. The minimum atomic E-state index is -0.718. The van der Waals surface area contributed by atoms with Gasteiger partial charge in [-0.05, 0) is 18.9 Å². The fourth-order valence-corrected chi connectivity index (χ4v) is 2.78. The van der Waals surface area contributed by atoms with Crippen molar-refractivity contribution in [2.75, 3.05) is 13.1 Å². The molecule has 1 aliphatic rings. The first-order valence-electron chi connectivity index (χ1n) is 7.15. The molecule has 0 radical (unpaired) electrons. The van der Waals surface area contributed by atoms with Crippen LogP contribution < -0.4 is 0 Å². The summed E-state index contributed by atoms with van der Waals surface area (Å²) in [5.41, 5.74) is 1.02. The molecule has 1 atom stereocenters. The summed E-state index contributed by atoms with van der Waals surface area (Å²) < 4.78 is 5.78. The van der Waals surface area contributed by atoms with Crippen LogP contribution in [0.15, 0.2) is 40.9 Å². The third kappa shape index (κ3) is 3.49. The molecule has 0 bridgehead atoms. The smallest absolute Gasteiger partial charge is 0.303 e. The molecule has 0 saturated carbocycles. The monoisotopic (exact) mass is 286 g/mol. The quantitative estimate of drug-likeness (QED) is 0.915. The summed E-state index contributed by atoms with van der Waals surface area (Å²) in [5.74, 6) is 0.979. The van der Waals surface area contributed by atoms with Gasteiger partial charge in [-0.15, -0.1) is 0 Å². The number of carboxylic acid groups (broad SMARTS) is 1. The molecule has 1 unspecified atom stereocenters. The fraction of sp³-hybridized carbons (Fsp3) is 0.375. The minimum absolute atomic E-state index is 0.242. The van der Waals surface area contributed by atoms with E-state index in [4.69, 9.17) is 9.52 Å². The van der Waals surface area contributed by atoms with Gasteiger partial charge in [-0.1, -0.05) is 30.3 Å². The molecular weight excluding hydrogens is 268 g/mol. The first-order chi connectivity index (χ1) is 10.2. The first-order valence-corrected chi connectivity index (χ1v) is 7.15. The van der Waals surface area contributed by atoms with Crippen molar-refractivity contribution < 1.29 is 14.3 Å². The molecule has 2 aromatic rings. The number of nitrogens with zero attached hydrogens (tertiary/aromatic N) is 2. The molecule has 5 heteroatoms. The lowest BCUT2D eigenvalue weighted by Gasteiger charge is -2.12. The molecule has 110 valence electrons. The van der Waals surface area contributed by atoms with Crippen LogP contribution in [-0.2, 0) is 11.3 Å². The second kappa shape index (κ2) is 6.10. The SMILES string of the molecule is O=C(O)CC1CCN(Cc2ncc(-c3ccccc3)o2)C1. The van der Waals surface area contributed by atoms with Crippen molar-refractivity contribution in [2.24, 2.45) is 5.92 Å². The van der Waals surface area contributed by atoms with Crippen LogP contribution in [0.4, 0.5) is 0 Å². The van der Waals surface area contributed by atoms with Gasteiger partial charge in [-0.25, -0.2) is 4.98 Å². The molecule has 1 N–H and O–H groups in total. The van der Waals surface area contributed by atoms with E-state index in [9.17, 15) is 4.79 Å². The number of benzene rings is 1. The molecule has 3 rings (SSSR count). The van der Waals surface area contributed by atoms with Crippen LogP contribution >= 0.6 is 0 Å². The maximum Gasteiger partial charge on any atom is 0.303 e. The summed E-state index contributed by atoms with van der Waals surface area (Å²) in [7, 11) is 0. The number of carboxylic acids is 1. The lowest BCUT2D eigenvalue weighted by Crippen LogP contribution is -2.21. The predicted octanol–water partition coefficient (Wildman–Crippen LogP) is 2.64. The van der Waals surface area contributed by atoms with E-state index in [0.717, 1.165) is 30.8 Å². The standard InChI is InChI=1S/C16H18N2O3/c19-16(20)8-12-6-7-18(10-12)11-15-17-9-14(21-15)13-4-2-1-3-5-13/h1-5,9,12H,6-8,10-11H2,(H,19,20). The highest BCUT2D eigenvalue weighted by atomic mass is 16.4. The van der Waals surface area contributed by atoms with E-state index >= 15 is 0 Å². The van der Waals surface area contributed by atoms with E-state index < -0.39 is 5.97 Å². The van der Waals surface area contributed by atoms with Crippen LogP contribution in [0.1, 0.15) is 18.7 Å². The van der Waals surface area contributed by atoms with Gasteiger partial charge < -0.3 is 9.52 Å². The van der Waals surface area contributed by atoms with Crippen molar-refractivity contribution in [1.82, 2.24) is 9.88 Å². The summed E-state index contributed by atoms with van der Waals surface area (Å²) in [5, 5.41) is 8.83. The van der Waals surface area contributed by atoms with Crippen molar-refractivity contribution in [3.8, 4) is 11.3 Å². The topological polar surface area (TPSA) is 66.6 Å². The highest BCUT2D eigenvalue weighted by Crippen LogP contribution is 2.24. The summed E-state index contributed by atoms with van der Waals surface area (Å²) in [4.78, 5) is 17.3. The molecule has 5 nitrogen and oxygen atoms in total. The summed E-state index contributed by atoms with van der Waals surface area (Å²) in [6, 6.07) is 9.88. The molecule has 21 heavy (non-hydrogen) atoms. The lowest BCUT2D eigenvalue weighted by atomic mass is 10.1. The number of carbonyl (C=O) groups is 1. The van der Waals surface area contributed by atoms with Gasteiger partial charge in [0.2, 0.25) is 5.89 Å².